The normalized spacial score (nSPS) is 19.5. The van der Waals surface area contributed by atoms with Gasteiger partial charge in [-0.15, -0.1) is 0 Å². The van der Waals surface area contributed by atoms with Crippen molar-refractivity contribution in [2.24, 2.45) is 0 Å². The molecule has 0 saturated heterocycles. The molecule has 0 bridgehead atoms. The molecule has 1 aliphatic rings. The van der Waals surface area contributed by atoms with E-state index in [1.54, 1.807) is 18.7 Å². The molecule has 0 saturated carbocycles. The van der Waals surface area contributed by atoms with Gasteiger partial charge in [-0.25, -0.2) is 0 Å². The summed E-state index contributed by atoms with van der Waals surface area (Å²) < 4.78 is 39.1. The quantitative estimate of drug-likeness (QED) is 0.456. The number of benzene rings is 1. The van der Waals surface area contributed by atoms with Crippen molar-refractivity contribution >= 4 is 23.1 Å². The van der Waals surface area contributed by atoms with Crippen molar-refractivity contribution in [1.82, 2.24) is 0 Å². The van der Waals surface area contributed by atoms with Crippen molar-refractivity contribution < 1.29 is 23.2 Å². The van der Waals surface area contributed by atoms with E-state index in [4.69, 9.17) is 0 Å². The standard InChI is InChI=1S/C15H19F3N2O3S/c1-3-4-24-8-14(2,21)13-6-9-5-12(20(22)23)10(15(16,17)18)7-11(9)19-13/h5,7,13,19,21H,3-4,6,8H2,1-2H3. The van der Waals surface area contributed by atoms with E-state index in [1.165, 1.54) is 0 Å². The molecule has 2 rings (SSSR count). The highest BCUT2D eigenvalue weighted by Gasteiger charge is 2.42. The van der Waals surface area contributed by atoms with Gasteiger partial charge in [0.1, 0.15) is 5.56 Å². The molecule has 5 nitrogen and oxygen atoms in total. The zero-order chi connectivity index (χ0) is 18.1. The second-order valence-electron chi connectivity index (χ2n) is 6.09. The minimum absolute atomic E-state index is 0.193. The molecule has 9 heteroatoms. The van der Waals surface area contributed by atoms with Crippen molar-refractivity contribution in [1.29, 1.82) is 0 Å². The molecule has 0 aliphatic carbocycles. The molecule has 24 heavy (non-hydrogen) atoms. The molecule has 2 unspecified atom stereocenters. The highest BCUT2D eigenvalue weighted by Crippen LogP contribution is 2.42. The lowest BCUT2D eigenvalue weighted by molar-refractivity contribution is -0.388. The van der Waals surface area contributed by atoms with Crippen LogP contribution in [0.15, 0.2) is 12.1 Å². The molecule has 0 radical (unpaired) electrons. The van der Waals surface area contributed by atoms with Gasteiger partial charge < -0.3 is 10.4 Å². The van der Waals surface area contributed by atoms with Crippen LogP contribution in [0.2, 0.25) is 0 Å². The summed E-state index contributed by atoms with van der Waals surface area (Å²) in [4.78, 5) is 9.93. The average Bonchev–Trinajstić information content (AvgIpc) is 2.89. The predicted octanol–water partition coefficient (Wildman–Crippen LogP) is 3.84. The number of hydrogen-bond acceptors (Lipinski definition) is 5. The van der Waals surface area contributed by atoms with Gasteiger partial charge in [0.05, 0.1) is 16.6 Å². The van der Waals surface area contributed by atoms with E-state index in [2.05, 4.69) is 5.32 Å². The van der Waals surface area contributed by atoms with Gasteiger partial charge in [0.15, 0.2) is 0 Å². The van der Waals surface area contributed by atoms with Crippen LogP contribution < -0.4 is 5.32 Å². The SMILES string of the molecule is CCCSCC(C)(O)C1Cc2cc([N+](=O)[O-])c(C(F)(F)F)cc2N1. The fourth-order valence-electron chi connectivity index (χ4n) is 2.67. The van der Waals surface area contributed by atoms with Crippen molar-refractivity contribution in [3.8, 4) is 0 Å². The van der Waals surface area contributed by atoms with E-state index in [0.29, 0.717) is 11.3 Å². The number of nitrogens with zero attached hydrogens (tertiary/aromatic N) is 1. The van der Waals surface area contributed by atoms with Crippen molar-refractivity contribution in [3.05, 3.63) is 33.4 Å². The van der Waals surface area contributed by atoms with Gasteiger partial charge in [-0.1, -0.05) is 6.92 Å². The molecule has 0 aromatic heterocycles. The summed E-state index contributed by atoms with van der Waals surface area (Å²) in [5, 5.41) is 24.4. The zero-order valence-corrected chi connectivity index (χ0v) is 14.1. The number of halogens is 3. The summed E-state index contributed by atoms with van der Waals surface area (Å²) in [6, 6.07) is 1.24. The van der Waals surface area contributed by atoms with E-state index in [0.717, 1.165) is 24.3 Å². The van der Waals surface area contributed by atoms with E-state index in [1.807, 2.05) is 6.92 Å². The van der Waals surface area contributed by atoms with Crippen LogP contribution in [0.4, 0.5) is 24.5 Å². The third-order valence-corrected chi connectivity index (χ3v) is 5.46. The predicted molar refractivity (Wildman–Crippen MR) is 87.5 cm³/mol. The third-order valence-electron chi connectivity index (χ3n) is 3.97. The van der Waals surface area contributed by atoms with E-state index >= 15 is 0 Å². The van der Waals surface area contributed by atoms with Crippen molar-refractivity contribution in [2.75, 3.05) is 16.8 Å². The van der Waals surface area contributed by atoms with Gasteiger partial charge in [-0.05, 0) is 37.1 Å². The number of nitro groups is 1. The Morgan fingerprint density at radius 3 is 2.67 bits per heavy atom. The number of fused-ring (bicyclic) bond motifs is 1. The summed E-state index contributed by atoms with van der Waals surface area (Å²) >= 11 is 1.56. The second-order valence-corrected chi connectivity index (χ2v) is 7.20. The zero-order valence-electron chi connectivity index (χ0n) is 13.3. The lowest BCUT2D eigenvalue weighted by atomic mass is 9.95. The van der Waals surface area contributed by atoms with Gasteiger partial charge in [-0.3, -0.25) is 10.1 Å². The Morgan fingerprint density at radius 1 is 1.46 bits per heavy atom. The first-order valence-electron chi connectivity index (χ1n) is 7.51. The number of aliphatic hydroxyl groups is 1. The molecule has 1 heterocycles. The van der Waals surface area contributed by atoms with Crippen LogP contribution in [0.5, 0.6) is 0 Å². The number of nitro benzene ring substituents is 1. The smallest absolute Gasteiger partial charge is 0.387 e. The van der Waals surface area contributed by atoms with Gasteiger partial charge in [0, 0.05) is 17.5 Å². The molecule has 0 fully saturated rings. The van der Waals surface area contributed by atoms with Gasteiger partial charge in [-0.2, -0.15) is 24.9 Å². The Morgan fingerprint density at radius 2 is 2.12 bits per heavy atom. The Labute approximate surface area is 141 Å². The molecule has 2 atom stereocenters. The second kappa shape index (κ2) is 6.79. The highest BCUT2D eigenvalue weighted by atomic mass is 32.2. The summed E-state index contributed by atoms with van der Waals surface area (Å²) in [5.74, 6) is 1.31. The Kier molecular flexibility index (Phi) is 5.34. The summed E-state index contributed by atoms with van der Waals surface area (Å²) in [5.41, 5.74) is -2.76. The number of thioether (sulfide) groups is 1. The lowest BCUT2D eigenvalue weighted by Gasteiger charge is -2.30. The number of rotatable bonds is 6. The van der Waals surface area contributed by atoms with Crippen molar-refractivity contribution in [3.63, 3.8) is 0 Å². The molecular formula is C15H19F3N2O3S. The van der Waals surface area contributed by atoms with E-state index in [9.17, 15) is 28.4 Å². The molecule has 134 valence electrons. The molecule has 1 aliphatic heterocycles. The summed E-state index contributed by atoms with van der Waals surface area (Å²) in [6.07, 6.45) is -3.61. The Bertz CT molecular complexity index is 635. The summed E-state index contributed by atoms with van der Waals surface area (Å²) in [7, 11) is 0. The van der Waals surface area contributed by atoms with Gasteiger partial charge >= 0.3 is 6.18 Å². The van der Waals surface area contributed by atoms with Crippen LogP contribution in [-0.4, -0.2) is 33.2 Å². The van der Waals surface area contributed by atoms with Crippen molar-refractivity contribution in [2.45, 2.75) is 44.5 Å². The average molecular weight is 364 g/mol. The molecule has 1 aromatic carbocycles. The Balaban J connectivity index is 2.28. The first kappa shape index (κ1) is 18.9. The number of nitrogens with one attached hydrogen (secondary N) is 1. The maximum Gasteiger partial charge on any atom is 0.423 e. The maximum absolute atomic E-state index is 13.0. The number of anilines is 1. The first-order chi connectivity index (χ1) is 11.1. The number of hydrogen-bond donors (Lipinski definition) is 2. The maximum atomic E-state index is 13.0. The van der Waals surface area contributed by atoms with Gasteiger partial charge in [0.25, 0.3) is 5.69 Å². The topological polar surface area (TPSA) is 75.4 Å². The minimum Gasteiger partial charge on any atom is -0.387 e. The summed E-state index contributed by atoms with van der Waals surface area (Å²) in [6.45, 7) is 3.64. The van der Waals surface area contributed by atoms with E-state index in [-0.39, 0.29) is 12.1 Å². The third kappa shape index (κ3) is 3.94. The molecule has 0 spiro atoms. The van der Waals surface area contributed by atoms with Crippen LogP contribution in [0.3, 0.4) is 0 Å². The molecular weight excluding hydrogens is 345 g/mol. The fraction of sp³-hybridized carbons (Fsp3) is 0.600. The molecule has 0 amide bonds. The van der Waals surface area contributed by atoms with Gasteiger partial charge in [0.2, 0.25) is 0 Å². The van der Waals surface area contributed by atoms with Crippen LogP contribution in [0.1, 0.15) is 31.4 Å². The monoisotopic (exact) mass is 364 g/mol. The molecule has 2 N–H and O–H groups in total. The Hall–Kier alpha value is -1.48. The highest BCUT2D eigenvalue weighted by molar-refractivity contribution is 7.99. The first-order valence-corrected chi connectivity index (χ1v) is 8.67. The van der Waals surface area contributed by atoms with Crippen LogP contribution in [0.25, 0.3) is 0 Å². The molecule has 1 aromatic rings. The van der Waals surface area contributed by atoms with E-state index < -0.39 is 34.0 Å². The van der Waals surface area contributed by atoms with Crippen LogP contribution >= 0.6 is 11.8 Å². The lowest BCUT2D eigenvalue weighted by Crippen LogP contribution is -2.45. The fourth-order valence-corrected chi connectivity index (χ4v) is 3.72. The number of alkyl halides is 3. The van der Waals surface area contributed by atoms with Crippen LogP contribution in [0, 0.1) is 10.1 Å². The van der Waals surface area contributed by atoms with Crippen LogP contribution in [-0.2, 0) is 12.6 Å². The largest absolute Gasteiger partial charge is 0.423 e. The minimum atomic E-state index is -4.81.